The maximum Gasteiger partial charge on any atom is 0.257 e. The summed E-state index contributed by atoms with van der Waals surface area (Å²) in [4.78, 5) is 13.7. The molecule has 5 rings (SSSR count). The van der Waals surface area contributed by atoms with Crippen molar-refractivity contribution in [1.82, 2.24) is 9.78 Å². The number of carbonyl (C=O) groups excluding carboxylic acids is 1. The molecule has 3 aromatic carbocycles. The van der Waals surface area contributed by atoms with Gasteiger partial charge in [0, 0.05) is 22.8 Å². The molecule has 0 spiro atoms. The lowest BCUT2D eigenvalue weighted by molar-refractivity contribution is -0.120. The number of aromatic hydroxyl groups is 2. The topological polar surface area (TPSA) is 91.0 Å². The highest BCUT2D eigenvalue weighted by atomic mass is 19.1. The van der Waals surface area contributed by atoms with Gasteiger partial charge in [-0.3, -0.25) is 4.79 Å². The number of carbonyl (C=O) groups is 1. The monoisotopic (exact) mass is 488 g/mol. The molecule has 4 aromatic rings. The second-order valence-electron chi connectivity index (χ2n) is 8.59. The Kier molecular flexibility index (Phi) is 5.75. The molecule has 0 saturated heterocycles. The molecule has 1 aliphatic rings. The van der Waals surface area contributed by atoms with Gasteiger partial charge in [-0.1, -0.05) is 18.2 Å². The van der Waals surface area contributed by atoms with E-state index in [9.17, 15) is 23.8 Å². The summed E-state index contributed by atoms with van der Waals surface area (Å²) in [5, 5.41) is 32.2. The molecule has 0 bridgehead atoms. The molecule has 0 saturated carbocycles. The molecule has 0 radical (unpaired) electrons. The molecule has 0 fully saturated rings. The Balaban J connectivity index is 1.66. The van der Waals surface area contributed by atoms with Crippen molar-refractivity contribution >= 4 is 17.3 Å². The fourth-order valence-electron chi connectivity index (χ4n) is 4.64. The zero-order chi connectivity index (χ0) is 25.6. The summed E-state index contributed by atoms with van der Waals surface area (Å²) in [6.07, 6.45) is 0. The zero-order valence-electron chi connectivity index (χ0n) is 19.4. The largest absolute Gasteiger partial charge is 0.508 e. The highest BCUT2D eigenvalue weighted by Gasteiger charge is 2.44. The average molecular weight is 488 g/mol. The number of hydrogen-bond acceptors (Lipinski definition) is 5. The van der Waals surface area contributed by atoms with Gasteiger partial charge in [-0.15, -0.1) is 0 Å². The van der Waals surface area contributed by atoms with Crippen molar-refractivity contribution in [1.29, 1.82) is 0 Å². The average Bonchev–Trinajstić information content (AvgIpc) is 3.32. The van der Waals surface area contributed by atoms with Crippen LogP contribution in [0.15, 0.2) is 77.9 Å². The third kappa shape index (κ3) is 3.88. The normalized spacial score (nSPS) is 16.3. The van der Waals surface area contributed by atoms with Gasteiger partial charge in [0.1, 0.15) is 17.4 Å². The van der Waals surface area contributed by atoms with Crippen LogP contribution in [0, 0.1) is 24.5 Å². The van der Waals surface area contributed by atoms with Crippen molar-refractivity contribution in [2.45, 2.75) is 19.8 Å². The van der Waals surface area contributed by atoms with Crippen LogP contribution in [-0.2, 0) is 4.79 Å². The molecule has 2 unspecified atom stereocenters. The van der Waals surface area contributed by atoms with Gasteiger partial charge in [0.05, 0.1) is 23.0 Å². The highest BCUT2D eigenvalue weighted by Crippen LogP contribution is 2.45. The van der Waals surface area contributed by atoms with Crippen LogP contribution in [0.25, 0.3) is 5.69 Å². The summed E-state index contributed by atoms with van der Waals surface area (Å²) in [5.74, 6) is -3.31. The number of aromatic nitrogens is 2. The van der Waals surface area contributed by atoms with E-state index in [1.54, 1.807) is 32.0 Å². The number of nitrogens with zero attached hydrogens (tertiary/aromatic N) is 4. The van der Waals surface area contributed by atoms with Gasteiger partial charge in [0.15, 0.2) is 0 Å². The number of amides is 1. The van der Waals surface area contributed by atoms with Gasteiger partial charge in [-0.25, -0.2) is 18.5 Å². The molecular formula is C27H22F2N4O3. The number of phenols is 1. The minimum absolute atomic E-state index is 0.0586. The van der Waals surface area contributed by atoms with E-state index in [0.29, 0.717) is 33.9 Å². The molecule has 2 N–H and O–H groups in total. The summed E-state index contributed by atoms with van der Waals surface area (Å²) >= 11 is 0. The number of hydrazone groups is 1. The van der Waals surface area contributed by atoms with Crippen LogP contribution in [0.5, 0.6) is 11.6 Å². The molecule has 9 heteroatoms. The zero-order valence-corrected chi connectivity index (χ0v) is 19.4. The number of aryl methyl sites for hydroxylation is 1. The van der Waals surface area contributed by atoms with E-state index in [4.69, 9.17) is 0 Å². The summed E-state index contributed by atoms with van der Waals surface area (Å²) in [5.41, 5.74) is 2.42. The van der Waals surface area contributed by atoms with Gasteiger partial charge >= 0.3 is 0 Å². The smallest absolute Gasteiger partial charge is 0.257 e. The van der Waals surface area contributed by atoms with E-state index in [1.165, 1.54) is 64.3 Å². The van der Waals surface area contributed by atoms with E-state index in [0.717, 1.165) is 0 Å². The van der Waals surface area contributed by atoms with Crippen LogP contribution >= 0.6 is 0 Å². The van der Waals surface area contributed by atoms with E-state index >= 15 is 0 Å². The quantitative estimate of drug-likeness (QED) is 0.412. The fraction of sp³-hybridized carbons (Fsp3) is 0.148. The van der Waals surface area contributed by atoms with Crippen LogP contribution in [0.4, 0.5) is 14.5 Å². The van der Waals surface area contributed by atoms with Crippen LogP contribution in [0.3, 0.4) is 0 Å². The summed E-state index contributed by atoms with van der Waals surface area (Å²) in [6, 6.07) is 17.4. The number of benzene rings is 3. The van der Waals surface area contributed by atoms with Crippen LogP contribution in [-0.4, -0.2) is 31.6 Å². The summed E-state index contributed by atoms with van der Waals surface area (Å²) in [6.45, 7) is 3.38. The predicted octanol–water partition coefficient (Wildman–Crippen LogP) is 5.04. The maximum absolute atomic E-state index is 13.7. The first-order valence-corrected chi connectivity index (χ1v) is 11.2. The Labute approximate surface area is 205 Å². The van der Waals surface area contributed by atoms with Gasteiger partial charge in [0.25, 0.3) is 5.91 Å². The SMILES string of the molecule is CC1=NN(c2ccc(F)cc2)C(=O)C1C(c1ccccc1O)c1c(C)nn(-c2ccc(F)cc2)c1O. The fourth-order valence-corrected chi connectivity index (χ4v) is 4.64. The molecule has 36 heavy (non-hydrogen) atoms. The van der Waals surface area contributed by atoms with Crippen molar-refractivity contribution in [3.05, 3.63) is 101 Å². The van der Waals surface area contributed by atoms with Crippen molar-refractivity contribution in [2.75, 3.05) is 5.01 Å². The first-order valence-electron chi connectivity index (χ1n) is 11.2. The first kappa shape index (κ1) is 23.2. The number of hydrogen-bond donors (Lipinski definition) is 2. The first-order chi connectivity index (χ1) is 17.3. The minimum Gasteiger partial charge on any atom is -0.508 e. The molecule has 7 nitrogen and oxygen atoms in total. The molecule has 1 aliphatic heterocycles. The molecule has 2 atom stereocenters. The molecule has 182 valence electrons. The predicted molar refractivity (Wildman–Crippen MR) is 130 cm³/mol. The third-order valence-electron chi connectivity index (χ3n) is 6.32. The van der Waals surface area contributed by atoms with Crippen LogP contribution < -0.4 is 5.01 Å². The van der Waals surface area contributed by atoms with E-state index < -0.39 is 29.4 Å². The van der Waals surface area contributed by atoms with Crippen molar-refractivity contribution in [3.8, 4) is 17.3 Å². The molecule has 1 aromatic heterocycles. The second kappa shape index (κ2) is 8.92. The second-order valence-corrected chi connectivity index (χ2v) is 8.59. The van der Waals surface area contributed by atoms with Crippen molar-refractivity contribution in [3.63, 3.8) is 0 Å². The maximum atomic E-state index is 13.7. The minimum atomic E-state index is -0.890. The van der Waals surface area contributed by atoms with Crippen LogP contribution in [0.2, 0.25) is 0 Å². The van der Waals surface area contributed by atoms with Crippen molar-refractivity contribution < 1.29 is 23.8 Å². The Hall–Kier alpha value is -4.53. The number of anilines is 1. The lowest BCUT2D eigenvalue weighted by Crippen LogP contribution is -2.32. The number of phenolic OH excluding ortho intramolecular Hbond substituents is 1. The van der Waals surface area contributed by atoms with E-state index in [1.807, 2.05) is 0 Å². The Morgan fingerprint density at radius 3 is 2.06 bits per heavy atom. The molecule has 0 aliphatic carbocycles. The Bertz CT molecular complexity index is 1480. The van der Waals surface area contributed by atoms with Gasteiger partial charge in [-0.2, -0.15) is 10.2 Å². The lowest BCUT2D eigenvalue weighted by Gasteiger charge is -2.25. The Morgan fingerprint density at radius 2 is 1.44 bits per heavy atom. The van der Waals surface area contributed by atoms with Gasteiger partial charge in [-0.05, 0) is 68.4 Å². The number of halogens is 2. The van der Waals surface area contributed by atoms with Gasteiger partial charge in [0.2, 0.25) is 5.88 Å². The molecule has 2 heterocycles. The van der Waals surface area contributed by atoms with Crippen LogP contribution in [0.1, 0.15) is 29.7 Å². The summed E-state index contributed by atoms with van der Waals surface area (Å²) < 4.78 is 28.2. The Morgan fingerprint density at radius 1 is 0.861 bits per heavy atom. The summed E-state index contributed by atoms with van der Waals surface area (Å²) in [7, 11) is 0. The highest BCUT2D eigenvalue weighted by molar-refractivity contribution is 6.15. The number of para-hydroxylation sites is 1. The standard InChI is InChI=1S/C27H22F2N4O3/c1-15-23(26(35)32(30-15)19-11-7-17(28)8-12-19)25(21-5-3-4-6-22(21)34)24-16(2)31-33(27(24)36)20-13-9-18(29)10-14-20/h3-14,23,25,34,36H,1-2H3. The van der Waals surface area contributed by atoms with E-state index in [2.05, 4.69) is 10.2 Å². The van der Waals surface area contributed by atoms with Gasteiger partial charge < -0.3 is 10.2 Å². The van der Waals surface area contributed by atoms with E-state index in [-0.39, 0.29) is 11.6 Å². The molecular weight excluding hydrogens is 466 g/mol. The third-order valence-corrected chi connectivity index (χ3v) is 6.32. The molecule has 1 amide bonds. The lowest BCUT2D eigenvalue weighted by atomic mass is 9.78. The van der Waals surface area contributed by atoms with Crippen molar-refractivity contribution in [2.24, 2.45) is 11.0 Å². The number of rotatable bonds is 5.